The normalized spacial score (nSPS) is 7.52. The minimum absolute atomic E-state index is 0.250. The van der Waals surface area contributed by atoms with Gasteiger partial charge in [0.2, 0.25) is 0 Å². The lowest BCUT2D eigenvalue weighted by Gasteiger charge is -1.96. The lowest BCUT2D eigenvalue weighted by atomic mass is 10.2. The van der Waals surface area contributed by atoms with Crippen LogP contribution in [0.25, 0.3) is 0 Å². The molecule has 0 heterocycles. The fraction of sp³-hybridized carbons (Fsp3) is 0.647. The van der Waals surface area contributed by atoms with E-state index in [1.165, 1.54) is 12.0 Å². The standard InChI is InChI=1S/C8H9Cl.C3H8.3C2H6O/c1-2-7-5-3-4-6-8(7)9;1-3-2;3*1-2-3/h3-6H,2H2,1H3;3H2,1-2H3;3*3H,2H2,1H3. The zero-order valence-electron chi connectivity index (χ0n) is 14.6. The van der Waals surface area contributed by atoms with Crippen LogP contribution in [0.1, 0.15) is 53.5 Å². The van der Waals surface area contributed by atoms with Crippen LogP contribution in [0.2, 0.25) is 5.02 Å². The van der Waals surface area contributed by atoms with Crippen LogP contribution < -0.4 is 0 Å². The van der Waals surface area contributed by atoms with Crippen molar-refractivity contribution in [2.24, 2.45) is 0 Å². The molecule has 0 fully saturated rings. The molecule has 1 aromatic carbocycles. The van der Waals surface area contributed by atoms with E-state index in [4.69, 9.17) is 26.9 Å². The molecule has 21 heavy (non-hydrogen) atoms. The van der Waals surface area contributed by atoms with Crippen molar-refractivity contribution in [1.82, 2.24) is 0 Å². The van der Waals surface area contributed by atoms with Crippen LogP contribution in [-0.2, 0) is 6.42 Å². The quantitative estimate of drug-likeness (QED) is 0.721. The Hall–Kier alpha value is -0.610. The second-order valence-electron chi connectivity index (χ2n) is 3.60. The lowest BCUT2D eigenvalue weighted by molar-refractivity contribution is 0.318. The maximum atomic E-state index is 7.57. The molecule has 3 nitrogen and oxygen atoms in total. The number of hydrogen-bond donors (Lipinski definition) is 3. The molecule has 0 radical (unpaired) electrons. The van der Waals surface area contributed by atoms with Crippen molar-refractivity contribution < 1.29 is 15.3 Å². The van der Waals surface area contributed by atoms with Crippen molar-refractivity contribution in [3.05, 3.63) is 34.9 Å². The molecule has 0 aromatic heterocycles. The van der Waals surface area contributed by atoms with E-state index >= 15 is 0 Å². The van der Waals surface area contributed by atoms with Crippen LogP contribution in [0.15, 0.2) is 24.3 Å². The van der Waals surface area contributed by atoms with Crippen LogP contribution in [0, 0.1) is 0 Å². The summed E-state index contributed by atoms with van der Waals surface area (Å²) in [4.78, 5) is 0. The highest BCUT2D eigenvalue weighted by atomic mass is 35.5. The van der Waals surface area contributed by atoms with Gasteiger partial charge in [0.05, 0.1) is 0 Å². The molecule has 1 aromatic rings. The van der Waals surface area contributed by atoms with Crippen molar-refractivity contribution in [1.29, 1.82) is 0 Å². The molecule has 0 aliphatic heterocycles. The third-order valence-corrected chi connectivity index (χ3v) is 1.71. The van der Waals surface area contributed by atoms with E-state index in [1.807, 2.05) is 24.3 Å². The van der Waals surface area contributed by atoms with E-state index in [0.717, 1.165) is 11.4 Å². The highest BCUT2D eigenvalue weighted by molar-refractivity contribution is 6.31. The maximum Gasteiger partial charge on any atom is 0.0437 e. The Kier molecular flexibility index (Phi) is 43.0. The van der Waals surface area contributed by atoms with Crippen LogP contribution >= 0.6 is 11.6 Å². The Morgan fingerprint density at radius 2 is 1.05 bits per heavy atom. The van der Waals surface area contributed by atoms with Crippen LogP contribution in [0.5, 0.6) is 0 Å². The zero-order chi connectivity index (χ0) is 17.5. The molecule has 0 aliphatic rings. The molecular weight excluding hydrogens is 288 g/mol. The monoisotopic (exact) mass is 322 g/mol. The number of hydrogen-bond acceptors (Lipinski definition) is 3. The molecule has 3 N–H and O–H groups in total. The second-order valence-corrected chi connectivity index (χ2v) is 4.01. The number of benzene rings is 1. The molecule has 128 valence electrons. The predicted molar refractivity (Wildman–Crippen MR) is 95.1 cm³/mol. The fourth-order valence-corrected chi connectivity index (χ4v) is 1.05. The number of rotatable bonds is 1. The Morgan fingerprint density at radius 1 is 0.762 bits per heavy atom. The Labute approximate surface area is 136 Å². The van der Waals surface area contributed by atoms with Crippen molar-refractivity contribution >= 4 is 11.6 Å². The SMILES string of the molecule is CCC.CCO.CCO.CCO.CCc1ccccc1Cl. The van der Waals surface area contributed by atoms with Crippen LogP contribution in [-0.4, -0.2) is 35.1 Å². The zero-order valence-corrected chi connectivity index (χ0v) is 15.3. The fourth-order valence-electron chi connectivity index (χ4n) is 0.785. The molecule has 0 bridgehead atoms. The minimum Gasteiger partial charge on any atom is -0.397 e. The second kappa shape index (κ2) is 31.7. The van der Waals surface area contributed by atoms with Gasteiger partial charge in [-0.3, -0.25) is 0 Å². The summed E-state index contributed by atoms with van der Waals surface area (Å²) in [6, 6.07) is 7.91. The lowest BCUT2D eigenvalue weighted by Crippen LogP contribution is -1.78. The van der Waals surface area contributed by atoms with Gasteiger partial charge in [0.1, 0.15) is 0 Å². The van der Waals surface area contributed by atoms with Gasteiger partial charge >= 0.3 is 0 Å². The number of aliphatic hydroxyl groups excluding tert-OH is 3. The van der Waals surface area contributed by atoms with Crippen molar-refractivity contribution in [3.63, 3.8) is 0 Å². The van der Waals surface area contributed by atoms with Gasteiger partial charge in [-0.1, -0.05) is 57.0 Å². The van der Waals surface area contributed by atoms with Crippen molar-refractivity contribution in [2.75, 3.05) is 19.8 Å². The number of aliphatic hydroxyl groups is 3. The molecule has 0 unspecified atom stereocenters. The van der Waals surface area contributed by atoms with Gasteiger partial charge in [-0.25, -0.2) is 0 Å². The van der Waals surface area contributed by atoms with Gasteiger partial charge in [0, 0.05) is 24.8 Å². The summed E-state index contributed by atoms with van der Waals surface area (Å²) in [5.41, 5.74) is 1.22. The number of aryl methyl sites for hydroxylation is 1. The molecule has 0 atom stereocenters. The molecule has 0 saturated heterocycles. The first-order valence-electron chi connectivity index (χ1n) is 7.56. The maximum absolute atomic E-state index is 7.57. The Morgan fingerprint density at radius 3 is 1.24 bits per heavy atom. The van der Waals surface area contributed by atoms with Crippen molar-refractivity contribution in [3.8, 4) is 0 Å². The highest BCUT2D eigenvalue weighted by Crippen LogP contribution is 2.14. The molecule has 4 heteroatoms. The molecule has 0 amide bonds. The third kappa shape index (κ3) is 38.2. The predicted octanol–water partition coefficient (Wildman–Crippen LogP) is 4.31. The molecule has 0 aliphatic carbocycles. The molecule has 0 saturated carbocycles. The highest BCUT2D eigenvalue weighted by Gasteiger charge is 1.91. The van der Waals surface area contributed by atoms with Gasteiger partial charge < -0.3 is 15.3 Å². The first kappa shape index (κ1) is 28.5. The summed E-state index contributed by atoms with van der Waals surface area (Å²) in [6.07, 6.45) is 2.26. The summed E-state index contributed by atoms with van der Waals surface area (Å²) < 4.78 is 0. The van der Waals surface area contributed by atoms with E-state index in [9.17, 15) is 0 Å². The van der Waals surface area contributed by atoms with Crippen LogP contribution in [0.4, 0.5) is 0 Å². The summed E-state index contributed by atoms with van der Waals surface area (Å²) in [7, 11) is 0. The first-order valence-corrected chi connectivity index (χ1v) is 7.94. The van der Waals surface area contributed by atoms with Gasteiger partial charge in [-0.15, -0.1) is 0 Å². The topological polar surface area (TPSA) is 60.7 Å². The molecular formula is C17H35ClO3. The van der Waals surface area contributed by atoms with E-state index in [0.29, 0.717) is 0 Å². The average Bonchev–Trinajstić information content (AvgIpc) is 2.43. The summed E-state index contributed by atoms with van der Waals surface area (Å²) in [5, 5.41) is 23.6. The summed E-state index contributed by atoms with van der Waals surface area (Å²) in [6.45, 7) is 12.1. The van der Waals surface area contributed by atoms with Gasteiger partial charge in [-0.05, 0) is 38.8 Å². The minimum atomic E-state index is 0.250. The van der Waals surface area contributed by atoms with Gasteiger partial charge in [0.25, 0.3) is 0 Å². The third-order valence-electron chi connectivity index (χ3n) is 1.34. The van der Waals surface area contributed by atoms with Crippen molar-refractivity contribution in [2.45, 2.75) is 54.4 Å². The largest absolute Gasteiger partial charge is 0.397 e. The van der Waals surface area contributed by atoms with Gasteiger partial charge in [-0.2, -0.15) is 0 Å². The Balaban J connectivity index is -0.000000102. The number of halogens is 1. The molecule has 1 rings (SSSR count). The van der Waals surface area contributed by atoms with E-state index in [1.54, 1.807) is 20.8 Å². The van der Waals surface area contributed by atoms with Crippen LogP contribution in [0.3, 0.4) is 0 Å². The summed E-state index contributed by atoms with van der Waals surface area (Å²) >= 11 is 5.82. The smallest absolute Gasteiger partial charge is 0.0437 e. The first-order chi connectivity index (χ1) is 10.00. The summed E-state index contributed by atoms with van der Waals surface area (Å²) in [5.74, 6) is 0. The Bertz CT molecular complexity index is 248. The molecule has 0 spiro atoms. The van der Waals surface area contributed by atoms with E-state index in [-0.39, 0.29) is 19.8 Å². The van der Waals surface area contributed by atoms with Gasteiger partial charge in [0.15, 0.2) is 0 Å². The van der Waals surface area contributed by atoms with E-state index in [2.05, 4.69) is 20.8 Å². The van der Waals surface area contributed by atoms with E-state index < -0.39 is 0 Å². The average molecular weight is 323 g/mol.